The topological polar surface area (TPSA) is 48.5 Å². The fourth-order valence-electron chi connectivity index (χ4n) is 3.39. The van der Waals surface area contributed by atoms with Gasteiger partial charge in [0.1, 0.15) is 5.82 Å². The highest BCUT2D eigenvalue weighted by molar-refractivity contribution is 7.22. The third kappa shape index (κ3) is 4.63. The van der Waals surface area contributed by atoms with Crippen LogP contribution in [0, 0.1) is 5.82 Å². The van der Waals surface area contributed by atoms with E-state index in [1.165, 1.54) is 18.2 Å². The number of aromatic nitrogens is 1. The SMILES string of the molecule is CN(C)[C@@H]1CCN(c2nc3ccc(NC(=O)/C=C/c4ccc(F)cc4)cc3s2)C1. The number of carbonyl (C=O) groups is 1. The summed E-state index contributed by atoms with van der Waals surface area (Å²) in [6.45, 7) is 2.00. The van der Waals surface area contributed by atoms with E-state index in [1.807, 2.05) is 18.2 Å². The summed E-state index contributed by atoms with van der Waals surface area (Å²) in [5.74, 6) is -0.526. The highest BCUT2D eigenvalue weighted by Gasteiger charge is 2.26. The molecule has 1 aliphatic heterocycles. The van der Waals surface area contributed by atoms with E-state index < -0.39 is 0 Å². The Morgan fingerprint density at radius 1 is 1.28 bits per heavy atom. The summed E-state index contributed by atoms with van der Waals surface area (Å²) in [4.78, 5) is 21.6. The van der Waals surface area contributed by atoms with Gasteiger partial charge in [-0.2, -0.15) is 0 Å². The van der Waals surface area contributed by atoms with Crippen LogP contribution in [0.4, 0.5) is 15.2 Å². The first-order valence-electron chi connectivity index (χ1n) is 9.54. The molecule has 150 valence electrons. The summed E-state index contributed by atoms with van der Waals surface area (Å²) < 4.78 is 14.0. The van der Waals surface area contributed by atoms with Crippen LogP contribution in [0.1, 0.15) is 12.0 Å². The number of thiazole rings is 1. The van der Waals surface area contributed by atoms with Crippen molar-refractivity contribution < 1.29 is 9.18 Å². The second-order valence-corrected chi connectivity index (χ2v) is 8.41. The fourth-order valence-corrected chi connectivity index (χ4v) is 4.43. The summed E-state index contributed by atoms with van der Waals surface area (Å²) in [6.07, 6.45) is 4.25. The minimum Gasteiger partial charge on any atom is -0.346 e. The smallest absolute Gasteiger partial charge is 0.248 e. The maximum atomic E-state index is 12.9. The van der Waals surface area contributed by atoms with E-state index in [4.69, 9.17) is 4.98 Å². The molecule has 1 N–H and O–H groups in total. The number of nitrogens with zero attached hydrogens (tertiary/aromatic N) is 3. The highest BCUT2D eigenvalue weighted by atomic mass is 32.1. The molecule has 0 bridgehead atoms. The maximum Gasteiger partial charge on any atom is 0.248 e. The molecule has 1 aromatic heterocycles. The van der Waals surface area contributed by atoms with Gasteiger partial charge in [0.2, 0.25) is 5.91 Å². The molecule has 0 saturated carbocycles. The number of benzene rings is 2. The first-order chi connectivity index (χ1) is 14.0. The Bertz CT molecular complexity index is 1040. The van der Waals surface area contributed by atoms with Crippen LogP contribution in [-0.4, -0.2) is 49.0 Å². The molecule has 2 heterocycles. The van der Waals surface area contributed by atoms with E-state index in [0.717, 1.165) is 46.1 Å². The summed E-state index contributed by atoms with van der Waals surface area (Å²) in [5.41, 5.74) is 2.44. The maximum absolute atomic E-state index is 12.9. The molecule has 0 aliphatic carbocycles. The molecule has 1 saturated heterocycles. The summed E-state index contributed by atoms with van der Waals surface area (Å²) >= 11 is 1.65. The van der Waals surface area contributed by atoms with Crippen LogP contribution in [0.2, 0.25) is 0 Å². The van der Waals surface area contributed by atoms with Crippen molar-refractivity contribution in [3.05, 3.63) is 59.9 Å². The molecular weight excluding hydrogens is 387 g/mol. The van der Waals surface area contributed by atoms with Crippen molar-refractivity contribution in [3.8, 4) is 0 Å². The highest BCUT2D eigenvalue weighted by Crippen LogP contribution is 2.33. The minimum absolute atomic E-state index is 0.230. The predicted molar refractivity (Wildman–Crippen MR) is 118 cm³/mol. The summed E-state index contributed by atoms with van der Waals surface area (Å²) in [6, 6.07) is 12.3. The van der Waals surface area contributed by atoms with E-state index in [0.29, 0.717) is 6.04 Å². The second-order valence-electron chi connectivity index (χ2n) is 7.41. The number of halogens is 1. The number of carbonyl (C=O) groups excluding carboxylic acids is 1. The Balaban J connectivity index is 1.43. The molecule has 2 aromatic carbocycles. The third-order valence-electron chi connectivity index (χ3n) is 5.11. The van der Waals surface area contributed by atoms with E-state index in [1.54, 1.807) is 29.5 Å². The number of nitrogens with one attached hydrogen (secondary N) is 1. The van der Waals surface area contributed by atoms with Crippen molar-refractivity contribution in [2.45, 2.75) is 12.5 Å². The first kappa shape index (κ1) is 19.5. The van der Waals surface area contributed by atoms with Crippen LogP contribution in [0.3, 0.4) is 0 Å². The lowest BCUT2D eigenvalue weighted by Gasteiger charge is -2.19. The van der Waals surface area contributed by atoms with Gasteiger partial charge in [-0.25, -0.2) is 9.37 Å². The second kappa shape index (κ2) is 8.31. The van der Waals surface area contributed by atoms with Gasteiger partial charge < -0.3 is 15.1 Å². The molecule has 5 nitrogen and oxygen atoms in total. The monoisotopic (exact) mass is 410 g/mol. The molecule has 1 atom stereocenters. The number of rotatable bonds is 5. The van der Waals surface area contributed by atoms with Crippen molar-refractivity contribution in [2.24, 2.45) is 0 Å². The first-order valence-corrected chi connectivity index (χ1v) is 10.4. The van der Waals surface area contributed by atoms with Crippen LogP contribution in [0.5, 0.6) is 0 Å². The number of anilines is 2. The standard InChI is InChI=1S/C22H23FN4OS/c1-26(2)18-11-12-27(14-18)22-25-19-9-8-17(13-20(19)29-22)24-21(28)10-5-15-3-6-16(23)7-4-15/h3-10,13,18H,11-12,14H2,1-2H3,(H,24,28)/b10-5+/t18-/m1/s1. The lowest BCUT2D eigenvalue weighted by Crippen LogP contribution is -2.31. The minimum atomic E-state index is -0.296. The Kier molecular flexibility index (Phi) is 5.60. The van der Waals surface area contributed by atoms with Crippen molar-refractivity contribution >= 4 is 44.4 Å². The largest absolute Gasteiger partial charge is 0.346 e. The Morgan fingerprint density at radius 3 is 2.79 bits per heavy atom. The average molecular weight is 411 g/mol. The van der Waals surface area contributed by atoms with E-state index in [2.05, 4.69) is 29.2 Å². The van der Waals surface area contributed by atoms with Gasteiger partial charge in [0, 0.05) is 30.9 Å². The molecule has 1 fully saturated rings. The van der Waals surface area contributed by atoms with E-state index in [9.17, 15) is 9.18 Å². The lowest BCUT2D eigenvalue weighted by molar-refractivity contribution is -0.111. The van der Waals surface area contributed by atoms with Gasteiger partial charge in [-0.1, -0.05) is 23.5 Å². The van der Waals surface area contributed by atoms with Gasteiger partial charge in [0.15, 0.2) is 5.13 Å². The number of amides is 1. The van der Waals surface area contributed by atoms with Crippen molar-refractivity contribution in [1.82, 2.24) is 9.88 Å². The Labute approximate surface area is 173 Å². The van der Waals surface area contributed by atoms with Gasteiger partial charge in [-0.15, -0.1) is 0 Å². The van der Waals surface area contributed by atoms with Crippen LogP contribution >= 0.6 is 11.3 Å². The van der Waals surface area contributed by atoms with Gasteiger partial charge in [0.05, 0.1) is 10.2 Å². The van der Waals surface area contributed by atoms with Gasteiger partial charge in [-0.3, -0.25) is 4.79 Å². The molecule has 29 heavy (non-hydrogen) atoms. The molecule has 3 aromatic rings. The van der Waals surface area contributed by atoms with Crippen molar-refractivity contribution in [2.75, 3.05) is 37.4 Å². The number of hydrogen-bond donors (Lipinski definition) is 1. The zero-order valence-electron chi connectivity index (χ0n) is 16.4. The average Bonchev–Trinajstić information content (AvgIpc) is 3.34. The molecule has 0 unspecified atom stereocenters. The molecule has 7 heteroatoms. The van der Waals surface area contributed by atoms with E-state index in [-0.39, 0.29) is 11.7 Å². The van der Waals surface area contributed by atoms with Gasteiger partial charge in [0.25, 0.3) is 0 Å². The molecule has 1 aliphatic rings. The molecule has 0 radical (unpaired) electrons. The van der Waals surface area contributed by atoms with Crippen LogP contribution < -0.4 is 10.2 Å². The zero-order valence-corrected chi connectivity index (χ0v) is 17.2. The van der Waals surface area contributed by atoms with Crippen LogP contribution in [0.15, 0.2) is 48.5 Å². The lowest BCUT2D eigenvalue weighted by atomic mass is 10.2. The van der Waals surface area contributed by atoms with Crippen LogP contribution in [0.25, 0.3) is 16.3 Å². The van der Waals surface area contributed by atoms with E-state index >= 15 is 0 Å². The zero-order chi connectivity index (χ0) is 20.4. The fraction of sp³-hybridized carbons (Fsp3) is 0.273. The number of fused-ring (bicyclic) bond motifs is 1. The number of likely N-dealkylation sites (N-methyl/N-ethyl adjacent to an activating group) is 1. The summed E-state index contributed by atoms with van der Waals surface area (Å²) in [5, 5.41) is 3.91. The summed E-state index contributed by atoms with van der Waals surface area (Å²) in [7, 11) is 4.23. The molecule has 4 rings (SSSR count). The quantitative estimate of drug-likeness (QED) is 0.640. The normalized spacial score (nSPS) is 17.0. The van der Waals surface area contributed by atoms with Gasteiger partial charge in [-0.05, 0) is 62.5 Å². The molecule has 0 spiro atoms. The molecule has 1 amide bonds. The third-order valence-corrected chi connectivity index (χ3v) is 6.19. The van der Waals surface area contributed by atoms with Crippen molar-refractivity contribution in [3.63, 3.8) is 0 Å². The van der Waals surface area contributed by atoms with Gasteiger partial charge >= 0.3 is 0 Å². The van der Waals surface area contributed by atoms with Crippen LogP contribution in [-0.2, 0) is 4.79 Å². The molecular formula is C22H23FN4OS. The Morgan fingerprint density at radius 2 is 2.07 bits per heavy atom. The Hall–Kier alpha value is -2.77. The number of hydrogen-bond acceptors (Lipinski definition) is 5. The predicted octanol–water partition coefficient (Wildman–Crippen LogP) is 4.23. The van der Waals surface area contributed by atoms with Crippen molar-refractivity contribution in [1.29, 1.82) is 0 Å².